The number of hydrogen-bond donors (Lipinski definition) is 0. The van der Waals surface area contributed by atoms with Crippen molar-refractivity contribution >= 4 is 5.97 Å². The molecule has 0 aliphatic heterocycles. The molecule has 112 valence electrons. The minimum Gasteiger partial charge on any atom is -0.463 e. The maximum absolute atomic E-state index is 13.2. The van der Waals surface area contributed by atoms with Crippen LogP contribution in [0.5, 0.6) is 0 Å². The first-order chi connectivity index (χ1) is 9.16. The van der Waals surface area contributed by atoms with Crippen molar-refractivity contribution in [3.63, 3.8) is 0 Å². The molecule has 1 atom stereocenters. The van der Waals surface area contributed by atoms with Crippen molar-refractivity contribution in [3.05, 3.63) is 12.2 Å². The van der Waals surface area contributed by atoms with E-state index in [-0.39, 0.29) is 6.61 Å². The molecule has 0 rings (SSSR count). The van der Waals surface area contributed by atoms with Gasteiger partial charge in [-0.05, 0) is 25.7 Å². The van der Waals surface area contributed by atoms with Gasteiger partial charge in [0.15, 0.2) is 0 Å². The van der Waals surface area contributed by atoms with E-state index < -0.39 is 12.1 Å². The van der Waals surface area contributed by atoms with Gasteiger partial charge in [0.25, 0.3) is 0 Å². The quantitative estimate of drug-likeness (QED) is 0.285. The fourth-order valence-electron chi connectivity index (χ4n) is 1.91. The summed E-state index contributed by atoms with van der Waals surface area (Å²) in [7, 11) is 0. The Labute approximate surface area is 117 Å². The third kappa shape index (κ3) is 15.1. The van der Waals surface area contributed by atoms with Gasteiger partial charge in [-0.3, -0.25) is 4.79 Å². The van der Waals surface area contributed by atoms with Gasteiger partial charge >= 0.3 is 5.97 Å². The molecule has 0 N–H and O–H groups in total. The number of hydrogen-bond acceptors (Lipinski definition) is 2. The lowest BCUT2D eigenvalue weighted by Crippen LogP contribution is -2.12. The molecule has 0 aromatic heterocycles. The maximum Gasteiger partial charge on any atom is 0.302 e. The van der Waals surface area contributed by atoms with Gasteiger partial charge in [0.1, 0.15) is 12.8 Å². The van der Waals surface area contributed by atoms with Crippen LogP contribution in [0.3, 0.4) is 0 Å². The highest BCUT2D eigenvalue weighted by Crippen LogP contribution is 2.11. The molecule has 0 aromatic rings. The molecular weight excluding hydrogens is 243 g/mol. The van der Waals surface area contributed by atoms with E-state index in [0.29, 0.717) is 6.42 Å². The number of esters is 1. The lowest BCUT2D eigenvalue weighted by molar-refractivity contribution is -0.142. The van der Waals surface area contributed by atoms with Crippen LogP contribution in [-0.4, -0.2) is 18.7 Å². The predicted molar refractivity (Wildman–Crippen MR) is 77.9 cm³/mol. The topological polar surface area (TPSA) is 26.3 Å². The first-order valence-corrected chi connectivity index (χ1v) is 7.59. The molecule has 0 aliphatic rings. The number of halogens is 1. The van der Waals surface area contributed by atoms with Crippen molar-refractivity contribution in [2.75, 3.05) is 6.61 Å². The van der Waals surface area contributed by atoms with Gasteiger partial charge < -0.3 is 4.74 Å². The zero-order valence-electron chi connectivity index (χ0n) is 12.5. The molecule has 1 unspecified atom stereocenters. The van der Waals surface area contributed by atoms with Crippen molar-refractivity contribution in [3.8, 4) is 0 Å². The Hall–Kier alpha value is -0.860. The van der Waals surface area contributed by atoms with Gasteiger partial charge in [-0.15, -0.1) is 0 Å². The summed E-state index contributed by atoms with van der Waals surface area (Å²) < 4.78 is 17.9. The molecule has 0 fully saturated rings. The molecular formula is C16H29FO2. The summed E-state index contributed by atoms with van der Waals surface area (Å²) >= 11 is 0. The zero-order chi connectivity index (χ0) is 14.3. The highest BCUT2D eigenvalue weighted by atomic mass is 19.1. The highest BCUT2D eigenvalue weighted by Gasteiger charge is 2.07. The average molecular weight is 272 g/mol. The Kier molecular flexibility index (Phi) is 13.0. The second-order valence-electron chi connectivity index (χ2n) is 4.98. The van der Waals surface area contributed by atoms with Crippen LogP contribution in [-0.2, 0) is 9.53 Å². The molecule has 19 heavy (non-hydrogen) atoms. The summed E-state index contributed by atoms with van der Waals surface area (Å²) in [6, 6.07) is 0. The van der Waals surface area contributed by atoms with Crippen LogP contribution < -0.4 is 0 Å². The first-order valence-electron chi connectivity index (χ1n) is 7.59. The first kappa shape index (κ1) is 18.1. The summed E-state index contributed by atoms with van der Waals surface area (Å²) in [5, 5.41) is 0. The Bertz CT molecular complexity index is 239. The van der Waals surface area contributed by atoms with E-state index in [1.807, 2.05) is 0 Å². The molecule has 3 heteroatoms. The van der Waals surface area contributed by atoms with E-state index in [4.69, 9.17) is 0 Å². The molecule has 0 radical (unpaired) electrons. The summed E-state index contributed by atoms with van der Waals surface area (Å²) in [4.78, 5) is 10.5. The van der Waals surface area contributed by atoms with E-state index in [9.17, 15) is 9.18 Å². The molecule has 0 amide bonds. The predicted octanol–water partition coefficient (Wildman–Crippen LogP) is 4.97. The van der Waals surface area contributed by atoms with Crippen molar-refractivity contribution < 1.29 is 13.9 Å². The molecule has 0 saturated carbocycles. The van der Waals surface area contributed by atoms with Gasteiger partial charge in [0, 0.05) is 6.92 Å². The fourth-order valence-corrected chi connectivity index (χ4v) is 1.91. The number of carbonyl (C=O) groups excluding carboxylic acids is 1. The minimum absolute atomic E-state index is 0.0842. The summed E-state index contributed by atoms with van der Waals surface area (Å²) in [5.41, 5.74) is 0. The van der Waals surface area contributed by atoms with Crippen molar-refractivity contribution in [2.45, 2.75) is 77.8 Å². The number of alkyl halides is 1. The summed E-state index contributed by atoms with van der Waals surface area (Å²) in [5.74, 6) is -0.403. The summed E-state index contributed by atoms with van der Waals surface area (Å²) in [6.45, 7) is 3.37. The highest BCUT2D eigenvalue weighted by molar-refractivity contribution is 5.65. The second kappa shape index (κ2) is 13.6. The fraction of sp³-hybridized carbons (Fsp3) is 0.812. The minimum atomic E-state index is -0.997. The third-order valence-electron chi connectivity index (χ3n) is 3.01. The lowest BCUT2D eigenvalue weighted by Gasteiger charge is -2.07. The van der Waals surface area contributed by atoms with E-state index in [1.165, 1.54) is 39.0 Å². The molecule has 2 nitrogen and oxygen atoms in total. The standard InChI is InChI=1S/C16H29FO2/c1-3-4-5-6-7-8-9-10-11-12-13-16(17)14-19-15(2)18/h4-5,16H,3,6-14H2,1-2H3/b5-4-. The second-order valence-corrected chi connectivity index (χ2v) is 4.98. The van der Waals surface area contributed by atoms with Crippen LogP contribution in [0.25, 0.3) is 0 Å². The Balaban J connectivity index is 3.17. The largest absolute Gasteiger partial charge is 0.463 e. The van der Waals surface area contributed by atoms with Crippen LogP contribution in [0, 0.1) is 0 Å². The monoisotopic (exact) mass is 272 g/mol. The molecule has 0 bridgehead atoms. The van der Waals surface area contributed by atoms with E-state index >= 15 is 0 Å². The third-order valence-corrected chi connectivity index (χ3v) is 3.01. The van der Waals surface area contributed by atoms with Crippen LogP contribution >= 0.6 is 0 Å². The van der Waals surface area contributed by atoms with Gasteiger partial charge in [-0.2, -0.15) is 0 Å². The molecule has 0 aliphatic carbocycles. The molecule has 0 spiro atoms. The number of unbranched alkanes of at least 4 members (excludes halogenated alkanes) is 6. The molecule has 0 saturated heterocycles. The van der Waals surface area contributed by atoms with Crippen LogP contribution in [0.15, 0.2) is 12.2 Å². The molecule has 0 heterocycles. The van der Waals surface area contributed by atoms with Crippen molar-refractivity contribution in [1.82, 2.24) is 0 Å². The van der Waals surface area contributed by atoms with Gasteiger partial charge in [0.05, 0.1) is 0 Å². The van der Waals surface area contributed by atoms with Crippen molar-refractivity contribution in [1.29, 1.82) is 0 Å². The number of allylic oxidation sites excluding steroid dienone is 2. The van der Waals surface area contributed by atoms with E-state index in [1.54, 1.807) is 0 Å². The van der Waals surface area contributed by atoms with Crippen LogP contribution in [0.2, 0.25) is 0 Å². The van der Waals surface area contributed by atoms with Gasteiger partial charge in [-0.1, -0.05) is 51.2 Å². The number of carbonyl (C=O) groups is 1. The van der Waals surface area contributed by atoms with Gasteiger partial charge in [0.2, 0.25) is 0 Å². The molecule has 0 aromatic carbocycles. The van der Waals surface area contributed by atoms with Gasteiger partial charge in [-0.25, -0.2) is 4.39 Å². The Morgan fingerprint density at radius 3 is 2.37 bits per heavy atom. The average Bonchev–Trinajstić information content (AvgIpc) is 2.38. The van der Waals surface area contributed by atoms with E-state index in [2.05, 4.69) is 23.8 Å². The lowest BCUT2D eigenvalue weighted by atomic mass is 10.1. The Morgan fingerprint density at radius 1 is 1.11 bits per heavy atom. The van der Waals surface area contributed by atoms with Crippen LogP contribution in [0.1, 0.15) is 71.6 Å². The van der Waals surface area contributed by atoms with Crippen LogP contribution in [0.4, 0.5) is 4.39 Å². The zero-order valence-corrected chi connectivity index (χ0v) is 12.5. The maximum atomic E-state index is 13.2. The normalized spacial score (nSPS) is 12.8. The SMILES string of the molecule is CC/C=C\CCCCCCCCC(F)COC(C)=O. The van der Waals surface area contributed by atoms with E-state index in [0.717, 1.165) is 19.3 Å². The van der Waals surface area contributed by atoms with Crippen molar-refractivity contribution in [2.24, 2.45) is 0 Å². The number of ether oxygens (including phenoxy) is 1. The summed E-state index contributed by atoms with van der Waals surface area (Å²) in [6.07, 6.45) is 13.2. The number of rotatable bonds is 12. The smallest absolute Gasteiger partial charge is 0.302 e. The Morgan fingerprint density at radius 2 is 1.74 bits per heavy atom.